The Bertz CT molecular complexity index is 1210. The van der Waals surface area contributed by atoms with Crippen molar-refractivity contribution in [2.45, 2.75) is 25.9 Å². The van der Waals surface area contributed by atoms with Crippen molar-refractivity contribution >= 4 is 40.8 Å². The monoisotopic (exact) mass is 516 g/mol. The molecule has 0 bridgehead atoms. The Morgan fingerprint density at radius 2 is 1.83 bits per heavy atom. The molecule has 0 unspecified atom stereocenters. The fraction of sp³-hybridized carbons (Fsp3) is 0.400. The number of pyridine rings is 1. The highest BCUT2D eigenvalue weighted by atomic mass is 35.5. The Morgan fingerprint density at radius 1 is 0.971 bits per heavy atom. The van der Waals surface area contributed by atoms with E-state index in [9.17, 15) is 4.39 Å². The summed E-state index contributed by atoms with van der Waals surface area (Å²) in [5, 5.41) is 0.715. The first-order valence-corrected chi connectivity index (χ1v) is 12.5. The number of rotatable bonds is 4. The van der Waals surface area contributed by atoms with Crippen molar-refractivity contribution in [3.63, 3.8) is 0 Å². The van der Waals surface area contributed by atoms with Crippen molar-refractivity contribution < 1.29 is 9.13 Å². The maximum Gasteiger partial charge on any atom is 0.228 e. The van der Waals surface area contributed by atoms with Crippen LogP contribution in [0.4, 0.5) is 22.0 Å². The molecule has 184 valence electrons. The van der Waals surface area contributed by atoms with Crippen LogP contribution in [0.5, 0.6) is 0 Å². The summed E-state index contributed by atoms with van der Waals surface area (Å²) in [6.07, 6.45) is 1.76. The van der Waals surface area contributed by atoms with Crippen LogP contribution in [0.1, 0.15) is 13.8 Å². The highest BCUT2D eigenvalue weighted by Crippen LogP contribution is 2.32. The van der Waals surface area contributed by atoms with Gasteiger partial charge in [-0.05, 0) is 44.2 Å². The quantitative estimate of drug-likeness (QED) is 0.487. The van der Waals surface area contributed by atoms with Crippen LogP contribution in [-0.2, 0) is 4.74 Å². The molecule has 0 amide bonds. The summed E-state index contributed by atoms with van der Waals surface area (Å²) >= 11 is 12.5. The fourth-order valence-electron chi connectivity index (χ4n) is 4.63. The molecule has 2 aliphatic heterocycles. The molecule has 2 atom stereocenters. The van der Waals surface area contributed by atoms with Gasteiger partial charge in [-0.25, -0.2) is 14.4 Å². The molecule has 2 aliphatic rings. The average molecular weight is 517 g/mol. The second kappa shape index (κ2) is 10.1. The second-order valence-corrected chi connectivity index (χ2v) is 9.77. The zero-order valence-corrected chi connectivity index (χ0v) is 21.2. The van der Waals surface area contributed by atoms with Crippen LogP contribution in [0.3, 0.4) is 0 Å². The summed E-state index contributed by atoms with van der Waals surface area (Å²) < 4.78 is 19.5. The van der Waals surface area contributed by atoms with Gasteiger partial charge in [0.1, 0.15) is 17.5 Å². The maximum absolute atomic E-state index is 13.8. The van der Waals surface area contributed by atoms with Crippen LogP contribution in [0.15, 0.2) is 42.6 Å². The molecule has 2 aromatic heterocycles. The normalized spacial score (nSPS) is 20.9. The van der Waals surface area contributed by atoms with Crippen LogP contribution >= 0.6 is 23.2 Å². The lowest BCUT2D eigenvalue weighted by Crippen LogP contribution is -2.53. The summed E-state index contributed by atoms with van der Waals surface area (Å²) in [5.74, 6) is 1.80. The fourth-order valence-corrected chi connectivity index (χ4v) is 5.05. The number of anilines is 3. The largest absolute Gasteiger partial charge is 0.377 e. The number of ether oxygens (including phenoxy) is 1. The van der Waals surface area contributed by atoms with E-state index in [1.807, 2.05) is 18.2 Å². The lowest BCUT2D eigenvalue weighted by atomic mass is 10.1. The summed E-state index contributed by atoms with van der Waals surface area (Å²) in [5.41, 5.74) is 1.45. The van der Waals surface area contributed by atoms with Crippen molar-refractivity contribution in [2.75, 3.05) is 54.1 Å². The molecule has 0 saturated carbocycles. The summed E-state index contributed by atoms with van der Waals surface area (Å²) in [4.78, 5) is 21.0. The number of nitrogens with zero attached hydrogens (tertiary/aromatic N) is 6. The summed E-state index contributed by atoms with van der Waals surface area (Å²) in [6.45, 7) is 8.45. The number of hydrogen-bond donors (Lipinski definition) is 0. The van der Waals surface area contributed by atoms with Gasteiger partial charge in [0.15, 0.2) is 0 Å². The first kappa shape index (κ1) is 24.0. The predicted molar refractivity (Wildman–Crippen MR) is 138 cm³/mol. The van der Waals surface area contributed by atoms with E-state index in [4.69, 9.17) is 37.9 Å². The zero-order valence-electron chi connectivity index (χ0n) is 19.7. The van der Waals surface area contributed by atoms with Gasteiger partial charge in [-0.3, -0.25) is 0 Å². The molecule has 0 spiro atoms. The second-order valence-electron chi connectivity index (χ2n) is 8.95. The molecule has 0 radical (unpaired) electrons. The lowest BCUT2D eigenvalue weighted by molar-refractivity contribution is 0.0981. The first-order chi connectivity index (χ1) is 16.9. The number of morpholine rings is 1. The highest BCUT2D eigenvalue weighted by Gasteiger charge is 2.29. The molecule has 4 heterocycles. The van der Waals surface area contributed by atoms with Gasteiger partial charge in [-0.2, -0.15) is 4.98 Å². The molecule has 1 aromatic carbocycles. The molecular formula is C25H27Cl2FN6O. The van der Waals surface area contributed by atoms with Gasteiger partial charge in [0, 0.05) is 50.0 Å². The number of benzene rings is 1. The third-order valence-electron chi connectivity index (χ3n) is 6.50. The number of aromatic nitrogens is 3. The summed E-state index contributed by atoms with van der Waals surface area (Å²) in [6, 6.07) is 10.6. The number of hydrogen-bond acceptors (Lipinski definition) is 7. The molecular weight excluding hydrogens is 490 g/mol. The smallest absolute Gasteiger partial charge is 0.228 e. The van der Waals surface area contributed by atoms with Crippen LogP contribution < -0.4 is 14.7 Å². The maximum atomic E-state index is 13.8. The van der Waals surface area contributed by atoms with Gasteiger partial charge in [0.25, 0.3) is 0 Å². The SMILES string of the molecule is C[C@@H]1CN(c2ncccc2Cl)CCN1c1cc(-c2ccc(F)c(Cl)c2)nc(N2CCOC[C@@H]2C)n1. The third kappa shape index (κ3) is 5.01. The highest BCUT2D eigenvalue weighted by molar-refractivity contribution is 6.33. The number of piperazine rings is 1. The Kier molecular flexibility index (Phi) is 6.95. The minimum Gasteiger partial charge on any atom is -0.377 e. The first-order valence-electron chi connectivity index (χ1n) is 11.7. The van der Waals surface area contributed by atoms with E-state index in [0.717, 1.165) is 36.8 Å². The van der Waals surface area contributed by atoms with E-state index in [0.29, 0.717) is 36.4 Å². The van der Waals surface area contributed by atoms with E-state index < -0.39 is 5.82 Å². The Balaban J connectivity index is 1.49. The van der Waals surface area contributed by atoms with Crippen LogP contribution in [0.2, 0.25) is 10.0 Å². The molecule has 5 rings (SSSR count). The van der Waals surface area contributed by atoms with Crippen molar-refractivity contribution in [1.82, 2.24) is 15.0 Å². The van der Waals surface area contributed by atoms with E-state index in [-0.39, 0.29) is 17.1 Å². The molecule has 2 saturated heterocycles. The minimum atomic E-state index is -0.454. The molecule has 10 heteroatoms. The lowest BCUT2D eigenvalue weighted by Gasteiger charge is -2.42. The Morgan fingerprint density at radius 3 is 2.57 bits per heavy atom. The van der Waals surface area contributed by atoms with Gasteiger partial charge in [0.2, 0.25) is 5.95 Å². The van der Waals surface area contributed by atoms with E-state index in [2.05, 4.69) is 33.5 Å². The molecule has 35 heavy (non-hydrogen) atoms. The number of halogens is 3. The Hall–Kier alpha value is -2.68. The van der Waals surface area contributed by atoms with Gasteiger partial charge < -0.3 is 19.4 Å². The standard InChI is InChI=1S/C25H27Cl2FN6O/c1-16-14-32(24-19(26)4-3-7-29-24)8-9-33(16)23-13-22(18-5-6-21(28)20(27)12-18)30-25(31-23)34-10-11-35-15-17(34)2/h3-7,12-13,16-17H,8-11,14-15H2,1-2H3/t16-,17+/m1/s1. The van der Waals surface area contributed by atoms with Crippen molar-refractivity contribution in [3.8, 4) is 11.3 Å². The van der Waals surface area contributed by atoms with E-state index >= 15 is 0 Å². The van der Waals surface area contributed by atoms with Gasteiger partial charge in [-0.15, -0.1) is 0 Å². The van der Waals surface area contributed by atoms with Gasteiger partial charge in [0.05, 0.1) is 35.0 Å². The van der Waals surface area contributed by atoms with Crippen molar-refractivity contribution in [3.05, 3.63) is 58.5 Å². The predicted octanol–water partition coefficient (Wildman–Crippen LogP) is 4.92. The molecule has 7 nitrogen and oxygen atoms in total. The van der Waals surface area contributed by atoms with Gasteiger partial charge >= 0.3 is 0 Å². The van der Waals surface area contributed by atoms with Crippen molar-refractivity contribution in [1.29, 1.82) is 0 Å². The minimum absolute atomic E-state index is 0.0678. The molecule has 0 aliphatic carbocycles. The van der Waals surface area contributed by atoms with Crippen LogP contribution in [0, 0.1) is 5.82 Å². The average Bonchev–Trinajstić information content (AvgIpc) is 2.86. The van der Waals surface area contributed by atoms with Gasteiger partial charge in [-0.1, -0.05) is 23.2 Å². The third-order valence-corrected chi connectivity index (χ3v) is 7.09. The molecule has 2 fully saturated rings. The van der Waals surface area contributed by atoms with Crippen LogP contribution in [-0.4, -0.2) is 66.4 Å². The topological polar surface area (TPSA) is 57.6 Å². The van der Waals surface area contributed by atoms with E-state index in [1.165, 1.54) is 6.07 Å². The molecule has 0 N–H and O–H groups in total. The zero-order chi connectivity index (χ0) is 24.5. The summed E-state index contributed by atoms with van der Waals surface area (Å²) in [7, 11) is 0. The van der Waals surface area contributed by atoms with Crippen molar-refractivity contribution in [2.24, 2.45) is 0 Å². The molecule has 3 aromatic rings. The van der Waals surface area contributed by atoms with Crippen LogP contribution in [0.25, 0.3) is 11.3 Å². The Labute approximate surface area is 214 Å². The van der Waals surface area contributed by atoms with E-state index in [1.54, 1.807) is 18.3 Å².